The number of hydrogen-bond donors (Lipinski definition) is 0. The van der Waals surface area contributed by atoms with E-state index < -0.39 is 11.6 Å². The van der Waals surface area contributed by atoms with Gasteiger partial charge >= 0.3 is 0 Å². The van der Waals surface area contributed by atoms with Gasteiger partial charge < -0.3 is 9.80 Å². The summed E-state index contributed by atoms with van der Waals surface area (Å²) in [5.41, 5.74) is 3.76. The van der Waals surface area contributed by atoms with Crippen molar-refractivity contribution in [3.8, 4) is 22.3 Å². The van der Waals surface area contributed by atoms with E-state index in [0.717, 1.165) is 41.6 Å². The number of nitrogens with zero attached hydrogens (tertiary/aromatic N) is 9. The molecule has 5 heterocycles. The monoisotopic (exact) mass is 473 g/mol. The molecule has 1 aromatic carbocycles. The van der Waals surface area contributed by atoms with Gasteiger partial charge in [-0.05, 0) is 18.2 Å². The number of aromatic nitrogens is 7. The molecule has 0 bridgehead atoms. The highest BCUT2D eigenvalue weighted by Gasteiger charge is 2.22. The van der Waals surface area contributed by atoms with Crippen LogP contribution in [0.3, 0.4) is 0 Å². The Hall–Kier alpha value is -4.41. The molecule has 176 valence electrons. The van der Waals surface area contributed by atoms with Crippen LogP contribution in [0.5, 0.6) is 0 Å². The van der Waals surface area contributed by atoms with Gasteiger partial charge in [0, 0.05) is 86.3 Å². The minimum atomic E-state index is -0.636. The lowest BCUT2D eigenvalue weighted by molar-refractivity contribution is 0.585. The van der Waals surface area contributed by atoms with Crippen molar-refractivity contribution >= 4 is 17.3 Å². The average molecular weight is 473 g/mol. The van der Waals surface area contributed by atoms with Gasteiger partial charge in [0.2, 0.25) is 5.95 Å². The SMILES string of the molecule is Cn1cc(-c2cc3c(N4CCN(c5ncc(-c6ccc(F)cc6F)cn5)CC4)ncnn3c2)cn1. The van der Waals surface area contributed by atoms with Gasteiger partial charge in [-0.2, -0.15) is 10.2 Å². The zero-order valence-electron chi connectivity index (χ0n) is 18.9. The van der Waals surface area contributed by atoms with Crippen molar-refractivity contribution in [3.63, 3.8) is 0 Å². The molecule has 35 heavy (non-hydrogen) atoms. The minimum Gasteiger partial charge on any atom is -0.351 e. The number of halogens is 2. The van der Waals surface area contributed by atoms with Crippen LogP contribution < -0.4 is 9.80 Å². The molecule has 6 rings (SSSR count). The van der Waals surface area contributed by atoms with E-state index in [0.29, 0.717) is 24.6 Å². The Balaban J connectivity index is 1.18. The maximum Gasteiger partial charge on any atom is 0.225 e. The molecule has 0 unspecified atom stereocenters. The van der Waals surface area contributed by atoms with Gasteiger partial charge in [-0.3, -0.25) is 4.68 Å². The first-order valence-electron chi connectivity index (χ1n) is 11.1. The number of fused-ring (bicyclic) bond motifs is 1. The highest BCUT2D eigenvalue weighted by molar-refractivity contribution is 5.77. The van der Waals surface area contributed by atoms with Crippen molar-refractivity contribution in [2.24, 2.45) is 7.05 Å². The molecule has 0 spiro atoms. The summed E-state index contributed by atoms with van der Waals surface area (Å²) in [4.78, 5) is 17.7. The number of hydrogen-bond acceptors (Lipinski definition) is 7. The smallest absolute Gasteiger partial charge is 0.225 e. The summed E-state index contributed by atoms with van der Waals surface area (Å²) in [6, 6.07) is 5.55. The summed E-state index contributed by atoms with van der Waals surface area (Å²) in [5.74, 6) is 0.197. The Bertz CT molecular complexity index is 1500. The van der Waals surface area contributed by atoms with E-state index >= 15 is 0 Å². The lowest BCUT2D eigenvalue weighted by atomic mass is 10.1. The van der Waals surface area contributed by atoms with E-state index in [2.05, 4.69) is 41.0 Å². The lowest BCUT2D eigenvalue weighted by Crippen LogP contribution is -2.47. The summed E-state index contributed by atoms with van der Waals surface area (Å²) in [6.45, 7) is 2.88. The third-order valence-corrected chi connectivity index (χ3v) is 6.17. The third-order valence-electron chi connectivity index (χ3n) is 6.17. The largest absolute Gasteiger partial charge is 0.351 e. The van der Waals surface area contributed by atoms with Gasteiger partial charge in [0.15, 0.2) is 5.82 Å². The number of benzene rings is 1. The molecule has 0 atom stereocenters. The summed E-state index contributed by atoms with van der Waals surface area (Å²) in [6.07, 6.45) is 10.5. The summed E-state index contributed by atoms with van der Waals surface area (Å²) in [7, 11) is 1.89. The molecule has 11 heteroatoms. The Morgan fingerprint density at radius 2 is 1.54 bits per heavy atom. The molecule has 1 fully saturated rings. The van der Waals surface area contributed by atoms with Crippen LogP contribution in [0.15, 0.2) is 61.6 Å². The van der Waals surface area contributed by atoms with Gasteiger partial charge in [-0.1, -0.05) is 0 Å². The zero-order chi connectivity index (χ0) is 23.9. The topological polar surface area (TPSA) is 80.3 Å². The lowest BCUT2D eigenvalue weighted by Gasteiger charge is -2.35. The molecule has 0 amide bonds. The molecule has 4 aromatic heterocycles. The van der Waals surface area contributed by atoms with Crippen molar-refractivity contribution in [1.29, 1.82) is 0 Å². The maximum atomic E-state index is 14.1. The molecule has 1 saturated heterocycles. The molecule has 1 aliphatic rings. The van der Waals surface area contributed by atoms with Crippen LogP contribution in [0.4, 0.5) is 20.5 Å². The van der Waals surface area contributed by atoms with E-state index in [1.165, 1.54) is 12.1 Å². The Morgan fingerprint density at radius 1 is 0.771 bits per heavy atom. The van der Waals surface area contributed by atoms with Crippen LogP contribution in [0.1, 0.15) is 0 Å². The van der Waals surface area contributed by atoms with Crippen LogP contribution >= 0.6 is 0 Å². The predicted octanol–water partition coefficient (Wildman–Crippen LogP) is 3.19. The van der Waals surface area contributed by atoms with Crippen molar-refractivity contribution in [1.82, 2.24) is 34.3 Å². The van der Waals surface area contributed by atoms with Gasteiger partial charge in [-0.15, -0.1) is 0 Å². The molecule has 0 N–H and O–H groups in total. The first-order chi connectivity index (χ1) is 17.0. The first kappa shape index (κ1) is 21.1. The maximum absolute atomic E-state index is 14.1. The van der Waals surface area contributed by atoms with E-state index in [1.807, 2.05) is 30.2 Å². The standard InChI is InChI=1S/C24H21F2N9/c1-32-13-18(12-30-32)16-8-22-23(29-15-31-35(22)14-16)33-4-6-34(7-5-33)24-27-10-17(11-28-24)20-3-2-19(25)9-21(20)26/h2-3,8-15H,4-7H2,1H3. The molecule has 0 radical (unpaired) electrons. The minimum absolute atomic E-state index is 0.272. The normalized spacial score (nSPS) is 14.1. The van der Waals surface area contributed by atoms with Crippen LogP contribution in [0.25, 0.3) is 27.8 Å². The third kappa shape index (κ3) is 3.94. The fraction of sp³-hybridized carbons (Fsp3) is 0.208. The number of rotatable bonds is 4. The fourth-order valence-electron chi connectivity index (χ4n) is 4.35. The number of piperazine rings is 1. The Labute approximate surface area is 199 Å². The molecular weight excluding hydrogens is 452 g/mol. The zero-order valence-corrected chi connectivity index (χ0v) is 18.9. The average Bonchev–Trinajstić information content (AvgIpc) is 3.50. The van der Waals surface area contributed by atoms with Crippen molar-refractivity contribution in [3.05, 3.63) is 73.2 Å². The van der Waals surface area contributed by atoms with Crippen LogP contribution in [0, 0.1) is 11.6 Å². The summed E-state index contributed by atoms with van der Waals surface area (Å²) < 4.78 is 30.9. The van der Waals surface area contributed by atoms with E-state index in [9.17, 15) is 8.78 Å². The van der Waals surface area contributed by atoms with Crippen LogP contribution in [0.2, 0.25) is 0 Å². The van der Waals surface area contributed by atoms with Crippen LogP contribution in [-0.4, -0.2) is 60.5 Å². The number of aryl methyl sites for hydroxylation is 1. The Morgan fingerprint density at radius 3 is 2.26 bits per heavy atom. The second kappa shape index (κ2) is 8.42. The fourth-order valence-corrected chi connectivity index (χ4v) is 4.35. The van der Waals surface area contributed by atoms with Gasteiger partial charge in [0.1, 0.15) is 23.5 Å². The highest BCUT2D eigenvalue weighted by Crippen LogP contribution is 2.28. The van der Waals surface area contributed by atoms with Gasteiger partial charge in [0.05, 0.1) is 6.20 Å². The predicted molar refractivity (Wildman–Crippen MR) is 127 cm³/mol. The summed E-state index contributed by atoms with van der Waals surface area (Å²) in [5, 5.41) is 8.62. The van der Waals surface area contributed by atoms with Crippen molar-refractivity contribution in [2.45, 2.75) is 0 Å². The van der Waals surface area contributed by atoms with Crippen molar-refractivity contribution in [2.75, 3.05) is 36.0 Å². The first-order valence-corrected chi connectivity index (χ1v) is 11.1. The van der Waals surface area contributed by atoms with Crippen molar-refractivity contribution < 1.29 is 8.78 Å². The van der Waals surface area contributed by atoms with E-state index in [4.69, 9.17) is 0 Å². The van der Waals surface area contributed by atoms with Gasteiger partial charge in [0.25, 0.3) is 0 Å². The molecule has 9 nitrogen and oxygen atoms in total. The second-order valence-corrected chi connectivity index (χ2v) is 8.41. The van der Waals surface area contributed by atoms with E-state index in [1.54, 1.807) is 23.4 Å². The molecule has 1 aliphatic heterocycles. The molecule has 0 saturated carbocycles. The molecule has 5 aromatic rings. The Kier molecular flexibility index (Phi) is 5.09. The molecular formula is C24H21F2N9. The molecule has 0 aliphatic carbocycles. The van der Waals surface area contributed by atoms with Crippen LogP contribution in [-0.2, 0) is 7.05 Å². The number of anilines is 2. The highest BCUT2D eigenvalue weighted by atomic mass is 19.1. The van der Waals surface area contributed by atoms with E-state index in [-0.39, 0.29) is 5.56 Å². The second-order valence-electron chi connectivity index (χ2n) is 8.41. The summed E-state index contributed by atoms with van der Waals surface area (Å²) >= 11 is 0. The quantitative estimate of drug-likeness (QED) is 0.397. The van der Waals surface area contributed by atoms with Gasteiger partial charge in [-0.25, -0.2) is 28.2 Å².